The minimum Gasteiger partial charge on any atom is -0.378 e. The van der Waals surface area contributed by atoms with Gasteiger partial charge in [-0.15, -0.1) is 0 Å². The first kappa shape index (κ1) is 14.9. The highest BCUT2D eigenvalue weighted by Gasteiger charge is 2.32. The largest absolute Gasteiger partial charge is 0.378 e. The maximum Gasteiger partial charge on any atom is 0.253 e. The number of amides is 1. The summed E-state index contributed by atoms with van der Waals surface area (Å²) in [5.74, 6) is 0.542. The Hall–Kier alpha value is -1.55. The molecule has 0 aromatic heterocycles. The summed E-state index contributed by atoms with van der Waals surface area (Å²) in [5.41, 5.74) is 7.62. The molecule has 4 nitrogen and oxygen atoms in total. The van der Waals surface area contributed by atoms with E-state index in [4.69, 9.17) is 5.73 Å². The summed E-state index contributed by atoms with van der Waals surface area (Å²) in [4.78, 5) is 16.5. The number of hydrogen-bond acceptors (Lipinski definition) is 3. The number of nitrogens with zero attached hydrogens (tertiary/aromatic N) is 2. The Morgan fingerprint density at radius 3 is 2.70 bits per heavy atom. The molecule has 2 atom stereocenters. The predicted octanol–water partition coefficient (Wildman–Crippen LogP) is 1.95. The second-order valence-corrected chi connectivity index (χ2v) is 5.85. The number of benzene rings is 1. The van der Waals surface area contributed by atoms with Gasteiger partial charge in [0.1, 0.15) is 0 Å². The van der Waals surface area contributed by atoms with E-state index in [0.717, 1.165) is 24.1 Å². The van der Waals surface area contributed by atoms with E-state index >= 15 is 0 Å². The van der Waals surface area contributed by atoms with Crippen molar-refractivity contribution in [3.8, 4) is 0 Å². The minimum absolute atomic E-state index is 0.0963. The molecule has 0 saturated heterocycles. The standard InChI is InChI=1S/C16H25N3O/c1-18(2)14-8-4-6-12(10-14)16(20)19(3)15-9-5-7-13(15)11-17/h4,6,8,10,13,15H,5,7,9,11,17H2,1-3H3. The third-order valence-corrected chi connectivity index (χ3v) is 4.35. The van der Waals surface area contributed by atoms with Crippen LogP contribution in [-0.2, 0) is 0 Å². The van der Waals surface area contributed by atoms with Crippen molar-refractivity contribution in [3.63, 3.8) is 0 Å². The van der Waals surface area contributed by atoms with Gasteiger partial charge in [0.05, 0.1) is 0 Å². The highest BCUT2D eigenvalue weighted by molar-refractivity contribution is 5.95. The van der Waals surface area contributed by atoms with Gasteiger partial charge in [0, 0.05) is 38.4 Å². The minimum atomic E-state index is 0.0963. The molecular formula is C16H25N3O. The summed E-state index contributed by atoms with van der Waals surface area (Å²) in [6.07, 6.45) is 3.37. The van der Waals surface area contributed by atoms with Gasteiger partial charge in [0.15, 0.2) is 0 Å². The molecule has 1 amide bonds. The monoisotopic (exact) mass is 275 g/mol. The molecule has 1 aliphatic carbocycles. The van der Waals surface area contributed by atoms with Crippen molar-refractivity contribution in [2.45, 2.75) is 25.3 Å². The van der Waals surface area contributed by atoms with Gasteiger partial charge in [-0.25, -0.2) is 0 Å². The zero-order valence-electron chi connectivity index (χ0n) is 12.7. The molecular weight excluding hydrogens is 250 g/mol. The van der Waals surface area contributed by atoms with Crippen LogP contribution in [0.25, 0.3) is 0 Å². The lowest BCUT2D eigenvalue weighted by Crippen LogP contribution is -2.41. The van der Waals surface area contributed by atoms with Crippen LogP contribution in [-0.4, -0.2) is 44.5 Å². The van der Waals surface area contributed by atoms with Crippen LogP contribution in [0.15, 0.2) is 24.3 Å². The van der Waals surface area contributed by atoms with Crippen LogP contribution >= 0.6 is 0 Å². The quantitative estimate of drug-likeness (QED) is 0.913. The molecule has 1 aromatic carbocycles. The highest BCUT2D eigenvalue weighted by atomic mass is 16.2. The summed E-state index contributed by atoms with van der Waals surface area (Å²) in [6, 6.07) is 8.07. The topological polar surface area (TPSA) is 49.6 Å². The summed E-state index contributed by atoms with van der Waals surface area (Å²) in [6.45, 7) is 0.667. The normalized spacial score (nSPS) is 21.8. The molecule has 1 aromatic rings. The lowest BCUT2D eigenvalue weighted by Gasteiger charge is -2.29. The molecule has 2 N–H and O–H groups in total. The molecule has 4 heteroatoms. The average molecular weight is 275 g/mol. The van der Waals surface area contributed by atoms with Crippen molar-refractivity contribution in [1.82, 2.24) is 4.90 Å². The lowest BCUT2D eigenvalue weighted by molar-refractivity contribution is 0.0700. The number of anilines is 1. The summed E-state index contributed by atoms with van der Waals surface area (Å²) in [5, 5.41) is 0. The Kier molecular flexibility index (Phi) is 4.65. The molecule has 1 aliphatic rings. The van der Waals surface area contributed by atoms with E-state index in [2.05, 4.69) is 0 Å². The first-order chi connectivity index (χ1) is 9.54. The van der Waals surface area contributed by atoms with Crippen LogP contribution in [0.3, 0.4) is 0 Å². The van der Waals surface area contributed by atoms with E-state index in [0.29, 0.717) is 12.5 Å². The Labute approximate surface area is 121 Å². The molecule has 1 fully saturated rings. The fraction of sp³-hybridized carbons (Fsp3) is 0.562. The van der Waals surface area contributed by atoms with E-state index in [1.165, 1.54) is 6.42 Å². The van der Waals surface area contributed by atoms with Crippen molar-refractivity contribution in [3.05, 3.63) is 29.8 Å². The van der Waals surface area contributed by atoms with Crippen LogP contribution in [0, 0.1) is 5.92 Å². The smallest absolute Gasteiger partial charge is 0.253 e. The number of carbonyl (C=O) groups excluding carboxylic acids is 1. The van der Waals surface area contributed by atoms with Crippen LogP contribution in [0.4, 0.5) is 5.69 Å². The van der Waals surface area contributed by atoms with Crippen LogP contribution in [0.5, 0.6) is 0 Å². The van der Waals surface area contributed by atoms with E-state index < -0.39 is 0 Å². The van der Waals surface area contributed by atoms with Gasteiger partial charge in [0.25, 0.3) is 5.91 Å². The highest BCUT2D eigenvalue weighted by Crippen LogP contribution is 2.29. The van der Waals surface area contributed by atoms with Gasteiger partial charge in [-0.05, 0) is 43.5 Å². The summed E-state index contributed by atoms with van der Waals surface area (Å²) < 4.78 is 0. The van der Waals surface area contributed by atoms with Crippen molar-refractivity contribution in [2.24, 2.45) is 11.7 Å². The van der Waals surface area contributed by atoms with E-state index in [1.807, 2.05) is 55.2 Å². The maximum atomic E-state index is 12.6. The zero-order valence-corrected chi connectivity index (χ0v) is 12.7. The van der Waals surface area contributed by atoms with Gasteiger partial charge in [-0.2, -0.15) is 0 Å². The Bertz CT molecular complexity index is 473. The Morgan fingerprint density at radius 2 is 2.05 bits per heavy atom. The van der Waals surface area contributed by atoms with E-state index in [9.17, 15) is 4.79 Å². The number of carbonyl (C=O) groups is 1. The van der Waals surface area contributed by atoms with Crippen LogP contribution in [0.1, 0.15) is 29.6 Å². The third kappa shape index (κ3) is 2.96. The summed E-state index contributed by atoms with van der Waals surface area (Å²) in [7, 11) is 5.87. The second kappa shape index (κ2) is 6.27. The average Bonchev–Trinajstić information content (AvgIpc) is 2.94. The maximum absolute atomic E-state index is 12.6. The molecule has 20 heavy (non-hydrogen) atoms. The van der Waals surface area contributed by atoms with Gasteiger partial charge < -0.3 is 15.5 Å². The predicted molar refractivity (Wildman–Crippen MR) is 83.0 cm³/mol. The number of hydrogen-bond donors (Lipinski definition) is 1. The Balaban J connectivity index is 2.16. The fourth-order valence-corrected chi connectivity index (χ4v) is 3.07. The van der Waals surface area contributed by atoms with Crippen molar-refractivity contribution >= 4 is 11.6 Å². The first-order valence-corrected chi connectivity index (χ1v) is 7.29. The lowest BCUT2D eigenvalue weighted by atomic mass is 10.0. The molecule has 0 aliphatic heterocycles. The van der Waals surface area contributed by atoms with Gasteiger partial charge >= 0.3 is 0 Å². The van der Waals surface area contributed by atoms with Crippen LogP contribution in [0.2, 0.25) is 0 Å². The molecule has 110 valence electrons. The molecule has 2 unspecified atom stereocenters. The molecule has 0 radical (unpaired) electrons. The van der Waals surface area contributed by atoms with E-state index in [-0.39, 0.29) is 11.9 Å². The Morgan fingerprint density at radius 1 is 1.30 bits per heavy atom. The van der Waals surface area contributed by atoms with Gasteiger partial charge in [-0.1, -0.05) is 12.5 Å². The second-order valence-electron chi connectivity index (χ2n) is 5.85. The third-order valence-electron chi connectivity index (χ3n) is 4.35. The molecule has 2 rings (SSSR count). The van der Waals surface area contributed by atoms with E-state index in [1.54, 1.807) is 0 Å². The van der Waals surface area contributed by atoms with Crippen LogP contribution < -0.4 is 10.6 Å². The SMILES string of the molecule is CN(C)c1cccc(C(=O)N(C)C2CCCC2CN)c1. The zero-order chi connectivity index (χ0) is 14.7. The van der Waals surface area contributed by atoms with Gasteiger partial charge in [-0.3, -0.25) is 4.79 Å². The fourth-order valence-electron chi connectivity index (χ4n) is 3.07. The van der Waals surface area contributed by atoms with Crippen molar-refractivity contribution in [1.29, 1.82) is 0 Å². The van der Waals surface area contributed by atoms with Crippen molar-refractivity contribution < 1.29 is 4.79 Å². The first-order valence-electron chi connectivity index (χ1n) is 7.29. The molecule has 0 bridgehead atoms. The van der Waals surface area contributed by atoms with Crippen molar-refractivity contribution in [2.75, 3.05) is 32.6 Å². The summed E-state index contributed by atoms with van der Waals surface area (Å²) >= 11 is 0. The number of rotatable bonds is 4. The molecule has 1 saturated carbocycles. The number of nitrogens with two attached hydrogens (primary N) is 1. The van der Waals surface area contributed by atoms with Gasteiger partial charge in [0.2, 0.25) is 0 Å². The molecule has 0 heterocycles. The molecule has 0 spiro atoms.